The van der Waals surface area contributed by atoms with Crippen molar-refractivity contribution in [1.82, 2.24) is 10.4 Å². The number of nitrogens with one attached hydrogen (secondary N) is 2. The van der Waals surface area contributed by atoms with Crippen LogP contribution in [0.3, 0.4) is 0 Å². The molecule has 1 saturated heterocycles. The molecule has 1 aliphatic carbocycles. The van der Waals surface area contributed by atoms with E-state index in [4.69, 9.17) is 14.7 Å². The largest absolute Gasteiger partial charge is 0.497 e. The number of hydroxylamine groups is 1. The molecule has 1 heterocycles. The van der Waals surface area contributed by atoms with Gasteiger partial charge in [0, 0.05) is 11.3 Å². The van der Waals surface area contributed by atoms with Crippen LogP contribution in [0.5, 0.6) is 5.75 Å². The molecule has 1 fully saturated rings. The van der Waals surface area contributed by atoms with Gasteiger partial charge in [-0.05, 0) is 42.3 Å². The number of urea groups is 1. The van der Waals surface area contributed by atoms with Crippen LogP contribution >= 0.6 is 0 Å². The summed E-state index contributed by atoms with van der Waals surface area (Å²) in [5.74, 6) is 0.234. The summed E-state index contributed by atoms with van der Waals surface area (Å²) in [6, 6.07) is 16.5. The van der Waals surface area contributed by atoms with Crippen LogP contribution in [0.4, 0.5) is 10.5 Å². The molecule has 32 heavy (non-hydrogen) atoms. The van der Waals surface area contributed by atoms with Gasteiger partial charge in [-0.15, -0.1) is 0 Å². The predicted octanol–water partition coefficient (Wildman–Crippen LogP) is 3.64. The van der Waals surface area contributed by atoms with Crippen molar-refractivity contribution in [2.24, 2.45) is 5.92 Å². The highest BCUT2D eigenvalue weighted by atomic mass is 16.5. The number of benzene rings is 2. The zero-order valence-electron chi connectivity index (χ0n) is 17.7. The lowest BCUT2D eigenvalue weighted by molar-refractivity contribution is -0.131. The second kappa shape index (κ2) is 9.57. The number of rotatable bonds is 4. The minimum absolute atomic E-state index is 0.253. The summed E-state index contributed by atoms with van der Waals surface area (Å²) >= 11 is 0. The smallest absolute Gasteiger partial charge is 0.322 e. The summed E-state index contributed by atoms with van der Waals surface area (Å²) in [5.41, 5.74) is 4.11. The topological polar surface area (TPSA) is 100 Å². The number of anilines is 1. The lowest BCUT2D eigenvalue weighted by Crippen LogP contribution is -2.38. The van der Waals surface area contributed by atoms with Crippen molar-refractivity contribution in [3.8, 4) is 5.75 Å². The molecular weight excluding hydrogens is 410 g/mol. The van der Waals surface area contributed by atoms with E-state index >= 15 is 0 Å². The molecule has 8 heteroatoms. The van der Waals surface area contributed by atoms with Gasteiger partial charge in [-0.2, -0.15) is 0 Å². The molecule has 0 radical (unpaired) electrons. The molecule has 2 aromatic rings. The maximum atomic E-state index is 13.1. The van der Waals surface area contributed by atoms with Crippen LogP contribution in [0.25, 0.3) is 0 Å². The van der Waals surface area contributed by atoms with E-state index in [9.17, 15) is 9.59 Å². The lowest BCUT2D eigenvalue weighted by atomic mass is 9.94. The average molecular weight is 435 g/mol. The lowest BCUT2D eigenvalue weighted by Gasteiger charge is -2.24. The Hall–Kier alpha value is -3.78. The fraction of sp³-hybridized carbons (Fsp3) is 0.250. The van der Waals surface area contributed by atoms with Crippen molar-refractivity contribution in [3.05, 3.63) is 83.6 Å². The SMILES string of the molecule is COc1ccc(NC(=O)N2CC3=CCC(C(=O)NO)C=C3O[C@H](c3ccccc3)C2)cc1. The van der Waals surface area contributed by atoms with Crippen LogP contribution in [-0.2, 0) is 9.53 Å². The molecule has 2 atom stereocenters. The van der Waals surface area contributed by atoms with Crippen LogP contribution < -0.4 is 15.5 Å². The highest BCUT2D eigenvalue weighted by molar-refractivity contribution is 5.89. The Morgan fingerprint density at radius 3 is 2.56 bits per heavy atom. The second-order valence-corrected chi connectivity index (χ2v) is 7.63. The zero-order valence-corrected chi connectivity index (χ0v) is 17.7. The normalized spacial score (nSPS) is 20.0. The van der Waals surface area contributed by atoms with E-state index in [1.807, 2.05) is 36.4 Å². The van der Waals surface area contributed by atoms with Crippen LogP contribution in [0.2, 0.25) is 0 Å². The first-order valence-electron chi connectivity index (χ1n) is 10.3. The monoisotopic (exact) mass is 435 g/mol. The molecular formula is C24H25N3O5. The highest BCUT2D eigenvalue weighted by Gasteiger charge is 2.32. The quantitative estimate of drug-likeness (QED) is 0.503. The third kappa shape index (κ3) is 4.76. The number of carbonyl (C=O) groups is 2. The summed E-state index contributed by atoms with van der Waals surface area (Å²) in [5, 5.41) is 11.9. The molecule has 4 rings (SSSR count). The third-order valence-corrected chi connectivity index (χ3v) is 5.55. The summed E-state index contributed by atoms with van der Waals surface area (Å²) in [4.78, 5) is 26.8. The third-order valence-electron chi connectivity index (χ3n) is 5.55. The number of hydrogen-bond donors (Lipinski definition) is 3. The first kappa shape index (κ1) is 21.5. The van der Waals surface area contributed by atoms with E-state index in [0.717, 1.165) is 11.1 Å². The maximum Gasteiger partial charge on any atom is 0.322 e. The van der Waals surface area contributed by atoms with E-state index in [2.05, 4.69) is 5.32 Å². The minimum Gasteiger partial charge on any atom is -0.497 e. The number of ether oxygens (including phenoxy) is 2. The van der Waals surface area contributed by atoms with Gasteiger partial charge in [0.25, 0.3) is 5.91 Å². The van der Waals surface area contributed by atoms with E-state index in [-0.39, 0.29) is 6.03 Å². The first-order valence-corrected chi connectivity index (χ1v) is 10.3. The van der Waals surface area contributed by atoms with Crippen molar-refractivity contribution in [1.29, 1.82) is 0 Å². The van der Waals surface area contributed by atoms with Gasteiger partial charge in [0.2, 0.25) is 0 Å². The van der Waals surface area contributed by atoms with Crippen LogP contribution in [0.1, 0.15) is 18.1 Å². The van der Waals surface area contributed by atoms with Crippen molar-refractivity contribution in [2.45, 2.75) is 12.5 Å². The molecule has 1 unspecified atom stereocenters. The van der Waals surface area contributed by atoms with Crippen molar-refractivity contribution in [3.63, 3.8) is 0 Å². The number of amides is 3. The number of allylic oxidation sites excluding steroid dienone is 1. The Balaban J connectivity index is 1.59. The molecule has 0 aromatic heterocycles. The molecule has 0 spiro atoms. The van der Waals surface area contributed by atoms with Crippen molar-refractivity contribution >= 4 is 17.6 Å². The number of carbonyl (C=O) groups excluding carboxylic acids is 2. The number of nitrogens with zero attached hydrogens (tertiary/aromatic N) is 1. The van der Waals surface area contributed by atoms with Gasteiger partial charge in [0.1, 0.15) is 17.6 Å². The Bertz CT molecular complexity index is 1030. The zero-order chi connectivity index (χ0) is 22.5. The van der Waals surface area contributed by atoms with E-state index < -0.39 is 17.9 Å². The van der Waals surface area contributed by atoms with Gasteiger partial charge in [-0.3, -0.25) is 10.0 Å². The Morgan fingerprint density at radius 2 is 1.88 bits per heavy atom. The molecule has 2 aliphatic rings. The van der Waals surface area contributed by atoms with Crippen molar-refractivity contribution < 1.29 is 24.3 Å². The molecule has 2 aromatic carbocycles. The Morgan fingerprint density at radius 1 is 1.12 bits per heavy atom. The van der Waals surface area contributed by atoms with Gasteiger partial charge < -0.3 is 19.7 Å². The fourth-order valence-electron chi connectivity index (χ4n) is 3.78. The summed E-state index contributed by atoms with van der Waals surface area (Å²) < 4.78 is 11.4. The highest BCUT2D eigenvalue weighted by Crippen LogP contribution is 2.34. The molecule has 0 bridgehead atoms. The van der Waals surface area contributed by atoms with Crippen molar-refractivity contribution in [2.75, 3.05) is 25.5 Å². The first-order chi connectivity index (χ1) is 15.6. The van der Waals surface area contributed by atoms with Crippen LogP contribution in [-0.4, -0.2) is 42.2 Å². The standard InChI is InChI=1S/C24H25N3O5/c1-31-20-11-9-19(10-12-20)25-24(29)27-14-18-8-7-17(23(28)26-30)13-21(18)32-22(15-27)16-5-3-2-4-6-16/h2-6,8-13,17,22,30H,7,14-15H2,1H3,(H,25,29)(H,26,28)/t17?,22-/m0/s1. The average Bonchev–Trinajstić information content (AvgIpc) is 3.04. The van der Waals surface area contributed by atoms with Gasteiger partial charge in [-0.25, -0.2) is 10.3 Å². The van der Waals surface area contributed by atoms with Gasteiger partial charge in [-0.1, -0.05) is 36.4 Å². The number of methoxy groups -OCH3 is 1. The van der Waals surface area contributed by atoms with Gasteiger partial charge >= 0.3 is 6.03 Å². The predicted molar refractivity (Wildman–Crippen MR) is 118 cm³/mol. The van der Waals surface area contributed by atoms with E-state index in [1.165, 1.54) is 0 Å². The second-order valence-electron chi connectivity index (χ2n) is 7.63. The summed E-state index contributed by atoms with van der Waals surface area (Å²) in [6.45, 7) is 0.669. The summed E-state index contributed by atoms with van der Waals surface area (Å²) in [7, 11) is 1.59. The van der Waals surface area contributed by atoms with Crippen LogP contribution in [0, 0.1) is 5.92 Å². The Kier molecular flexibility index (Phi) is 6.42. The Labute approximate surface area is 186 Å². The van der Waals surface area contributed by atoms with E-state index in [1.54, 1.807) is 47.8 Å². The minimum atomic E-state index is -0.533. The molecule has 1 aliphatic heterocycles. The maximum absolute atomic E-state index is 13.1. The van der Waals surface area contributed by atoms with Crippen LogP contribution in [0.15, 0.2) is 78.1 Å². The molecule has 3 amide bonds. The molecule has 166 valence electrons. The number of fused-ring (bicyclic) bond motifs is 1. The van der Waals surface area contributed by atoms with E-state index in [0.29, 0.717) is 36.7 Å². The molecule has 3 N–H and O–H groups in total. The molecule has 8 nitrogen and oxygen atoms in total. The molecule has 0 saturated carbocycles. The number of hydrogen-bond acceptors (Lipinski definition) is 5. The van der Waals surface area contributed by atoms with Gasteiger partial charge in [0.15, 0.2) is 0 Å². The van der Waals surface area contributed by atoms with Gasteiger partial charge in [0.05, 0.1) is 26.1 Å². The summed E-state index contributed by atoms with van der Waals surface area (Å²) in [6.07, 6.45) is 3.60. The fourth-order valence-corrected chi connectivity index (χ4v) is 3.78.